The summed E-state index contributed by atoms with van der Waals surface area (Å²) >= 11 is 0. The van der Waals surface area contributed by atoms with Crippen LogP contribution in [0.4, 0.5) is 83.4 Å². The van der Waals surface area contributed by atoms with Crippen LogP contribution in [0.5, 0.6) is 0 Å². The highest BCUT2D eigenvalue weighted by atomic mass is 32.2. The molecule has 0 saturated carbocycles. The van der Waals surface area contributed by atoms with E-state index in [-0.39, 0.29) is 0 Å². The third-order valence-electron chi connectivity index (χ3n) is 3.59. The molecule has 0 radical (unpaired) electrons. The fourth-order valence-electron chi connectivity index (χ4n) is 1.53. The molecule has 0 atom stereocenters. The first-order valence-electron chi connectivity index (χ1n) is 7.33. The second-order valence-electron chi connectivity index (χ2n) is 5.93. The van der Waals surface area contributed by atoms with Crippen LogP contribution < -0.4 is 11.3 Å². The summed E-state index contributed by atoms with van der Waals surface area (Å²) in [6.45, 7) is 0. The van der Waals surface area contributed by atoms with Crippen molar-refractivity contribution in [2.75, 3.05) is 0 Å². The van der Waals surface area contributed by atoms with Gasteiger partial charge in [0.1, 0.15) is 0 Å². The lowest BCUT2D eigenvalue weighted by molar-refractivity contribution is -0.383. The van der Waals surface area contributed by atoms with E-state index >= 15 is 0 Å². The number of hydrogen-bond acceptors (Lipinski definition) is 5. The van der Waals surface area contributed by atoms with Gasteiger partial charge in [-0.2, -0.15) is 88.2 Å². The van der Waals surface area contributed by atoms with Crippen molar-refractivity contribution < 1.29 is 96.1 Å². The predicted octanol–water partition coefficient (Wildman–Crippen LogP) is 4.34. The van der Waals surface area contributed by atoms with Crippen LogP contribution in [0.2, 0.25) is 0 Å². The predicted molar refractivity (Wildman–Crippen MR) is 71.5 cm³/mol. The molecule has 0 spiro atoms. The minimum atomic E-state index is -8.19. The summed E-state index contributed by atoms with van der Waals surface area (Å²) in [6, 6.07) is 0. The van der Waals surface area contributed by atoms with Crippen molar-refractivity contribution in [3.63, 3.8) is 0 Å². The van der Waals surface area contributed by atoms with E-state index in [2.05, 4.69) is 10.1 Å². The Morgan fingerprint density at radius 3 is 1.39 bits per heavy atom. The SMILES string of the molecule is NN=C(NOS(=O)(=O)C(F)(F)C(F)(F)C(F)(F)C(F)(F)F)C(F)(F)C(F)(F)C(F)(F)C(F)(F)C(F)F. The number of halogens is 19. The van der Waals surface area contributed by atoms with E-state index < -0.39 is 74.8 Å². The monoisotopic (exact) mass is 607 g/mol. The number of hydrazone groups is 1. The fourth-order valence-corrected chi connectivity index (χ4v) is 2.26. The van der Waals surface area contributed by atoms with Gasteiger partial charge < -0.3 is 5.84 Å². The molecular formula is C10H4F19N3O3S. The van der Waals surface area contributed by atoms with Gasteiger partial charge in [0.2, 0.25) is 5.84 Å². The van der Waals surface area contributed by atoms with E-state index in [9.17, 15) is 91.8 Å². The maximum atomic E-state index is 13.6. The van der Waals surface area contributed by atoms with Crippen molar-refractivity contribution >= 4 is 16.0 Å². The van der Waals surface area contributed by atoms with Crippen molar-refractivity contribution in [1.82, 2.24) is 5.48 Å². The zero-order chi connectivity index (χ0) is 29.8. The van der Waals surface area contributed by atoms with Crippen LogP contribution in [0.1, 0.15) is 0 Å². The van der Waals surface area contributed by atoms with Gasteiger partial charge in [0.25, 0.3) is 0 Å². The molecular weight excluding hydrogens is 603 g/mol. The Morgan fingerprint density at radius 2 is 1.08 bits per heavy atom. The first-order valence-corrected chi connectivity index (χ1v) is 8.74. The lowest BCUT2D eigenvalue weighted by atomic mass is 9.98. The molecule has 0 heterocycles. The van der Waals surface area contributed by atoms with Crippen LogP contribution in [0.25, 0.3) is 0 Å². The van der Waals surface area contributed by atoms with Crippen molar-refractivity contribution in [3.8, 4) is 0 Å². The molecule has 26 heteroatoms. The van der Waals surface area contributed by atoms with Gasteiger partial charge >= 0.3 is 63.5 Å². The molecule has 0 rings (SSSR count). The fraction of sp³-hybridized carbons (Fsp3) is 0.900. The minimum Gasteiger partial charge on any atom is -0.321 e. The summed E-state index contributed by atoms with van der Waals surface area (Å²) in [6.07, 6.45) is -13.4. The molecule has 0 saturated heterocycles. The number of alkyl halides is 19. The van der Waals surface area contributed by atoms with Crippen molar-refractivity contribution in [3.05, 3.63) is 0 Å². The lowest BCUT2D eigenvalue weighted by Gasteiger charge is -2.36. The molecule has 0 unspecified atom stereocenters. The van der Waals surface area contributed by atoms with Gasteiger partial charge in [-0.25, -0.2) is 14.3 Å². The van der Waals surface area contributed by atoms with E-state index in [1.165, 1.54) is 5.10 Å². The van der Waals surface area contributed by atoms with E-state index in [0.29, 0.717) is 0 Å². The number of nitrogens with zero attached hydrogens (tertiary/aromatic N) is 1. The van der Waals surface area contributed by atoms with Crippen LogP contribution in [0, 0.1) is 0 Å². The molecule has 0 aromatic heterocycles. The minimum absolute atomic E-state index is 0.621. The Kier molecular flexibility index (Phi) is 8.46. The van der Waals surface area contributed by atoms with Gasteiger partial charge in [-0.1, -0.05) is 0 Å². The molecule has 216 valence electrons. The molecule has 6 nitrogen and oxygen atoms in total. The summed E-state index contributed by atoms with van der Waals surface area (Å²) in [5.74, 6) is -46.3. The molecule has 0 aliphatic rings. The highest BCUT2D eigenvalue weighted by Gasteiger charge is 2.87. The van der Waals surface area contributed by atoms with E-state index in [0.717, 1.165) is 0 Å². The lowest BCUT2D eigenvalue weighted by Crippen LogP contribution is -2.68. The van der Waals surface area contributed by atoms with Crippen molar-refractivity contribution in [2.24, 2.45) is 10.9 Å². The topological polar surface area (TPSA) is 93.8 Å². The summed E-state index contributed by atoms with van der Waals surface area (Å²) in [5, 5.41) is -6.56. The third-order valence-corrected chi connectivity index (χ3v) is 4.77. The first kappa shape index (κ1) is 33.8. The van der Waals surface area contributed by atoms with Gasteiger partial charge in [-0.3, -0.25) is 0 Å². The van der Waals surface area contributed by atoms with E-state index in [4.69, 9.17) is 0 Å². The van der Waals surface area contributed by atoms with Crippen LogP contribution in [0.15, 0.2) is 5.10 Å². The summed E-state index contributed by atoms with van der Waals surface area (Å²) < 4.78 is 268. The van der Waals surface area contributed by atoms with Crippen LogP contribution in [-0.4, -0.2) is 67.6 Å². The quantitative estimate of drug-likeness (QED) is 0.127. The Labute approximate surface area is 183 Å². The summed E-state index contributed by atoms with van der Waals surface area (Å²) in [5.41, 5.74) is -0.621. The molecule has 0 aromatic carbocycles. The Balaban J connectivity index is 6.39. The average Bonchev–Trinajstić information content (AvgIpc) is 2.66. The maximum Gasteiger partial charge on any atom is 0.460 e. The molecule has 0 aliphatic heterocycles. The second-order valence-corrected chi connectivity index (χ2v) is 7.52. The maximum absolute atomic E-state index is 13.6. The van der Waals surface area contributed by atoms with Gasteiger partial charge in [0.05, 0.1) is 0 Å². The zero-order valence-electron chi connectivity index (χ0n) is 15.4. The summed E-state index contributed by atoms with van der Waals surface area (Å²) in [7, 11) is -8.19. The van der Waals surface area contributed by atoms with Crippen LogP contribution in [-0.2, 0) is 14.4 Å². The highest BCUT2D eigenvalue weighted by Crippen LogP contribution is 2.56. The molecule has 0 aliphatic carbocycles. The normalized spacial score (nSPS) is 16.5. The van der Waals surface area contributed by atoms with Crippen LogP contribution >= 0.6 is 0 Å². The Bertz CT molecular complexity index is 941. The Hall–Kier alpha value is -2.15. The number of rotatable bonds is 10. The van der Waals surface area contributed by atoms with Gasteiger partial charge in [-0.05, 0) is 0 Å². The number of nitrogens with one attached hydrogen (secondary N) is 1. The summed E-state index contributed by atoms with van der Waals surface area (Å²) in [4.78, 5) is 0. The number of amidine groups is 1. The molecule has 0 aromatic rings. The number of hydroxylamine groups is 1. The molecule has 0 amide bonds. The van der Waals surface area contributed by atoms with E-state index in [1.807, 2.05) is 0 Å². The van der Waals surface area contributed by atoms with Crippen LogP contribution in [0.3, 0.4) is 0 Å². The van der Waals surface area contributed by atoms with Crippen molar-refractivity contribution in [2.45, 2.75) is 53.4 Å². The van der Waals surface area contributed by atoms with Crippen molar-refractivity contribution in [1.29, 1.82) is 0 Å². The molecule has 0 fully saturated rings. The van der Waals surface area contributed by atoms with Gasteiger partial charge in [0.15, 0.2) is 0 Å². The largest absolute Gasteiger partial charge is 0.460 e. The van der Waals surface area contributed by atoms with Gasteiger partial charge in [0, 0.05) is 0 Å². The molecule has 36 heavy (non-hydrogen) atoms. The molecule has 3 N–H and O–H groups in total. The highest BCUT2D eigenvalue weighted by molar-refractivity contribution is 7.87. The van der Waals surface area contributed by atoms with E-state index in [1.54, 1.807) is 0 Å². The number of nitrogens with two attached hydrogens (primary N) is 1. The second kappa shape index (κ2) is 9.00. The Morgan fingerprint density at radius 1 is 0.694 bits per heavy atom. The zero-order valence-corrected chi connectivity index (χ0v) is 16.2. The first-order chi connectivity index (χ1) is 15.4. The van der Waals surface area contributed by atoms with Gasteiger partial charge in [-0.15, -0.1) is 4.28 Å². The number of hydrogen-bond donors (Lipinski definition) is 2. The third kappa shape index (κ3) is 4.64. The smallest absolute Gasteiger partial charge is 0.321 e. The standard InChI is InChI=1S/C10H4F19N3O3S/c11-1(12)3(13,14)5(17,18)6(19,20)4(15,16)2(31-30)32-35-36(33,34)10(28,29)8(23,24)7(21,22)9(25,26)27/h1H,30H2,(H,31,32). The average molecular weight is 607 g/mol. The molecule has 0 bridgehead atoms.